The van der Waals surface area contributed by atoms with E-state index in [0.717, 1.165) is 0 Å². The molecular weight excluding hydrogens is 258 g/mol. The molecule has 1 aromatic carbocycles. The fourth-order valence-electron chi connectivity index (χ4n) is 1.04. The van der Waals surface area contributed by atoms with Gasteiger partial charge in [0.1, 0.15) is 0 Å². The van der Waals surface area contributed by atoms with E-state index in [9.17, 15) is 4.79 Å². The lowest BCUT2D eigenvalue weighted by molar-refractivity contribution is 0.0526. The van der Waals surface area contributed by atoms with Gasteiger partial charge in [-0.3, -0.25) is 0 Å². The lowest BCUT2D eigenvalue weighted by atomic mass is 10.1. The van der Waals surface area contributed by atoms with Gasteiger partial charge in [0.25, 0.3) is 0 Å². The van der Waals surface area contributed by atoms with Crippen LogP contribution in [-0.2, 0) is 8.53 Å². The smallest absolute Gasteiger partial charge is 0.338 e. The molecule has 0 aromatic heterocycles. The maximum atomic E-state index is 11.4. The maximum absolute atomic E-state index is 11.4. The Morgan fingerprint density at radius 2 is 2.07 bits per heavy atom. The lowest BCUT2D eigenvalue weighted by Crippen LogP contribution is -2.07. The van der Waals surface area contributed by atoms with Crippen molar-refractivity contribution < 1.29 is 9.53 Å². The summed E-state index contributed by atoms with van der Waals surface area (Å²) in [5.41, 5.74) is 0.818. The van der Waals surface area contributed by atoms with Gasteiger partial charge < -0.3 is 4.74 Å². The van der Waals surface area contributed by atoms with E-state index in [4.69, 9.17) is 39.5 Å². The number of carbonyl (C=O) groups is 1. The number of rotatable bonds is 2. The Balaban J connectivity index is 2.98. The predicted molar refractivity (Wildman–Crippen MR) is 61.6 cm³/mol. The van der Waals surface area contributed by atoms with Crippen molar-refractivity contribution in [1.82, 2.24) is 0 Å². The molecule has 0 spiro atoms. The summed E-state index contributed by atoms with van der Waals surface area (Å²) in [6, 6.07) is 6.39. The molecule has 1 rings (SSSR count). The number of alkyl halides is 3. The largest absolute Gasteiger partial charge is 0.462 e. The zero-order valence-electron chi connectivity index (χ0n) is 7.97. The number of ether oxygens (including phenoxy) is 1. The number of hydrogen-bond acceptors (Lipinski definition) is 2. The molecule has 0 aliphatic heterocycles. The van der Waals surface area contributed by atoms with E-state index in [2.05, 4.69) is 0 Å². The van der Waals surface area contributed by atoms with Gasteiger partial charge in [-0.05, 0) is 19.1 Å². The normalized spacial score (nSPS) is 11.2. The second-order valence-corrected chi connectivity index (χ2v) is 5.08. The molecule has 0 aliphatic rings. The molecule has 0 heterocycles. The van der Waals surface area contributed by atoms with Gasteiger partial charge in [-0.2, -0.15) is 0 Å². The molecule has 0 unspecified atom stereocenters. The molecule has 0 saturated heterocycles. The van der Waals surface area contributed by atoms with Gasteiger partial charge in [0.05, 0.1) is 12.2 Å². The zero-order chi connectivity index (χ0) is 11.5. The number of esters is 1. The van der Waals surface area contributed by atoms with Crippen molar-refractivity contribution in [2.24, 2.45) is 0 Å². The Labute approximate surface area is 103 Å². The Kier molecular flexibility index (Phi) is 4.26. The summed E-state index contributed by atoms with van der Waals surface area (Å²) in [5.74, 6) is -0.423. The van der Waals surface area contributed by atoms with E-state index in [1.165, 1.54) is 6.07 Å². The molecule has 0 amide bonds. The van der Waals surface area contributed by atoms with Crippen molar-refractivity contribution in [3.8, 4) is 0 Å². The molecule has 0 radical (unpaired) electrons. The first-order valence-electron chi connectivity index (χ1n) is 4.29. The van der Waals surface area contributed by atoms with E-state index < -0.39 is 9.76 Å². The van der Waals surface area contributed by atoms with Crippen LogP contribution in [0.5, 0.6) is 0 Å². The van der Waals surface area contributed by atoms with Crippen LogP contribution in [0.1, 0.15) is 22.8 Å². The van der Waals surface area contributed by atoms with E-state index in [-0.39, 0.29) is 0 Å². The van der Waals surface area contributed by atoms with Gasteiger partial charge in [0, 0.05) is 5.56 Å². The summed E-state index contributed by atoms with van der Waals surface area (Å²) in [4.78, 5) is 11.4. The molecule has 0 bridgehead atoms. The Morgan fingerprint density at radius 1 is 1.40 bits per heavy atom. The summed E-state index contributed by atoms with van der Waals surface area (Å²) in [6.07, 6.45) is 0. The average Bonchev–Trinajstić information content (AvgIpc) is 2.17. The SMILES string of the molecule is CCOC(=O)c1cccc(C(Cl)(Cl)Cl)c1. The van der Waals surface area contributed by atoms with Crippen LogP contribution in [0, 0.1) is 0 Å². The van der Waals surface area contributed by atoms with Crippen molar-refractivity contribution in [1.29, 1.82) is 0 Å². The highest BCUT2D eigenvalue weighted by Crippen LogP contribution is 2.38. The minimum absolute atomic E-state index is 0.316. The summed E-state index contributed by atoms with van der Waals surface area (Å²) < 4.78 is 3.30. The summed E-state index contributed by atoms with van der Waals surface area (Å²) >= 11 is 17.1. The first-order chi connectivity index (χ1) is 6.95. The summed E-state index contributed by atoms with van der Waals surface area (Å²) in [7, 11) is 0. The number of carbonyl (C=O) groups excluding carboxylic acids is 1. The summed E-state index contributed by atoms with van der Waals surface area (Å²) in [5, 5.41) is 0. The van der Waals surface area contributed by atoms with Crippen LogP contribution in [0.25, 0.3) is 0 Å². The minimum atomic E-state index is -1.53. The molecule has 5 heteroatoms. The molecule has 82 valence electrons. The minimum Gasteiger partial charge on any atom is -0.462 e. The fourth-order valence-corrected chi connectivity index (χ4v) is 1.39. The lowest BCUT2D eigenvalue weighted by Gasteiger charge is -2.11. The Hall–Kier alpha value is -0.440. The fraction of sp³-hybridized carbons (Fsp3) is 0.300. The van der Waals surface area contributed by atoms with Crippen molar-refractivity contribution in [3.63, 3.8) is 0 Å². The zero-order valence-corrected chi connectivity index (χ0v) is 10.2. The van der Waals surface area contributed by atoms with Crippen molar-refractivity contribution in [3.05, 3.63) is 35.4 Å². The van der Waals surface area contributed by atoms with Crippen LogP contribution in [0.2, 0.25) is 0 Å². The molecule has 0 atom stereocenters. The third kappa shape index (κ3) is 3.56. The molecule has 1 aromatic rings. The summed E-state index contributed by atoms with van der Waals surface area (Å²) in [6.45, 7) is 2.05. The number of hydrogen-bond donors (Lipinski definition) is 0. The van der Waals surface area contributed by atoms with Crippen LogP contribution in [0.15, 0.2) is 24.3 Å². The number of halogens is 3. The van der Waals surface area contributed by atoms with Crippen molar-refractivity contribution in [2.75, 3.05) is 6.61 Å². The van der Waals surface area contributed by atoms with E-state index >= 15 is 0 Å². The van der Waals surface area contributed by atoms with E-state index in [1.807, 2.05) is 0 Å². The molecule has 0 aliphatic carbocycles. The monoisotopic (exact) mass is 266 g/mol. The van der Waals surface area contributed by atoms with Gasteiger partial charge in [0.2, 0.25) is 3.79 Å². The first-order valence-corrected chi connectivity index (χ1v) is 5.43. The highest BCUT2D eigenvalue weighted by Gasteiger charge is 2.23. The predicted octanol–water partition coefficient (Wildman–Crippen LogP) is 3.69. The molecule has 2 nitrogen and oxygen atoms in total. The van der Waals surface area contributed by atoms with Gasteiger partial charge in [-0.25, -0.2) is 4.79 Å². The van der Waals surface area contributed by atoms with Crippen LogP contribution < -0.4 is 0 Å². The van der Waals surface area contributed by atoms with E-state index in [1.54, 1.807) is 25.1 Å². The first kappa shape index (κ1) is 12.6. The Morgan fingerprint density at radius 3 is 2.60 bits per heavy atom. The quantitative estimate of drug-likeness (QED) is 0.603. The van der Waals surface area contributed by atoms with Crippen molar-refractivity contribution in [2.45, 2.75) is 10.7 Å². The standard InChI is InChI=1S/C10H9Cl3O2/c1-2-15-9(14)7-4-3-5-8(6-7)10(11,12)13/h3-6H,2H2,1H3. The molecule has 15 heavy (non-hydrogen) atoms. The number of benzene rings is 1. The van der Waals surface area contributed by atoms with Crippen LogP contribution >= 0.6 is 34.8 Å². The molecular formula is C10H9Cl3O2. The average molecular weight is 268 g/mol. The third-order valence-electron chi connectivity index (χ3n) is 1.70. The topological polar surface area (TPSA) is 26.3 Å². The highest BCUT2D eigenvalue weighted by atomic mass is 35.6. The molecule has 0 fully saturated rings. The van der Waals surface area contributed by atoms with Crippen molar-refractivity contribution >= 4 is 40.8 Å². The second kappa shape index (κ2) is 5.06. The highest BCUT2D eigenvalue weighted by molar-refractivity contribution is 6.66. The van der Waals surface area contributed by atoms with Gasteiger partial charge in [-0.1, -0.05) is 46.9 Å². The second-order valence-electron chi connectivity index (χ2n) is 2.80. The van der Waals surface area contributed by atoms with Crippen LogP contribution in [0.4, 0.5) is 0 Å². The van der Waals surface area contributed by atoms with Crippen LogP contribution in [-0.4, -0.2) is 12.6 Å². The molecule has 0 saturated carbocycles. The van der Waals surface area contributed by atoms with Crippen LogP contribution in [0.3, 0.4) is 0 Å². The maximum Gasteiger partial charge on any atom is 0.338 e. The molecule has 0 N–H and O–H groups in total. The third-order valence-corrected chi connectivity index (χ3v) is 2.36. The van der Waals surface area contributed by atoms with Gasteiger partial charge >= 0.3 is 5.97 Å². The Bertz CT molecular complexity index is 358. The van der Waals surface area contributed by atoms with Gasteiger partial charge in [0.15, 0.2) is 0 Å². The van der Waals surface area contributed by atoms with Gasteiger partial charge in [-0.15, -0.1) is 0 Å². The van der Waals surface area contributed by atoms with E-state index in [0.29, 0.717) is 17.7 Å².